The first kappa shape index (κ1) is 17.3. The van der Waals surface area contributed by atoms with E-state index in [0.29, 0.717) is 18.0 Å². The van der Waals surface area contributed by atoms with Gasteiger partial charge in [-0.05, 0) is 30.7 Å². The van der Waals surface area contributed by atoms with Crippen molar-refractivity contribution < 1.29 is 19.4 Å². The predicted molar refractivity (Wildman–Crippen MR) is 91.9 cm³/mol. The number of carboxylic acid groups (broad SMARTS) is 1. The Balaban J connectivity index is 2.25. The lowest BCUT2D eigenvalue weighted by Gasteiger charge is -2.21. The molecule has 0 aromatic heterocycles. The largest absolute Gasteiger partial charge is 0.478 e. The predicted octanol–water partition coefficient (Wildman–Crippen LogP) is 3.07. The van der Waals surface area contributed by atoms with E-state index in [1.807, 2.05) is 30.3 Å². The molecular formula is C18H20N2O4. The molecular weight excluding hydrogens is 308 g/mol. The number of esters is 1. The number of carboxylic acids is 1. The number of carbonyl (C=O) groups excluding carboxylic acids is 1. The first-order valence-corrected chi connectivity index (χ1v) is 7.61. The van der Waals surface area contributed by atoms with E-state index in [0.717, 1.165) is 5.56 Å². The fourth-order valence-corrected chi connectivity index (χ4v) is 2.34. The molecule has 0 aliphatic carbocycles. The van der Waals surface area contributed by atoms with Crippen LogP contribution in [0.3, 0.4) is 0 Å². The lowest BCUT2D eigenvalue weighted by molar-refractivity contribution is -0.143. The number of benzene rings is 2. The van der Waals surface area contributed by atoms with Crippen LogP contribution in [0.4, 0.5) is 11.4 Å². The molecule has 0 heterocycles. The van der Waals surface area contributed by atoms with E-state index < -0.39 is 5.97 Å². The highest BCUT2D eigenvalue weighted by molar-refractivity contribution is 5.90. The van der Waals surface area contributed by atoms with E-state index in [-0.39, 0.29) is 24.0 Å². The van der Waals surface area contributed by atoms with Gasteiger partial charge >= 0.3 is 11.9 Å². The van der Waals surface area contributed by atoms with Crippen LogP contribution < -0.4 is 11.1 Å². The van der Waals surface area contributed by atoms with Crippen LogP contribution >= 0.6 is 0 Å². The zero-order valence-corrected chi connectivity index (χ0v) is 13.4. The summed E-state index contributed by atoms with van der Waals surface area (Å²) in [6.45, 7) is 2.07. The maximum atomic E-state index is 11.9. The molecule has 0 amide bonds. The van der Waals surface area contributed by atoms with Crippen molar-refractivity contribution in [2.24, 2.45) is 0 Å². The molecule has 0 aliphatic heterocycles. The lowest BCUT2D eigenvalue weighted by atomic mass is 10.0. The van der Waals surface area contributed by atoms with Crippen molar-refractivity contribution in [2.75, 3.05) is 17.7 Å². The summed E-state index contributed by atoms with van der Waals surface area (Å²) < 4.78 is 5.02. The summed E-state index contributed by atoms with van der Waals surface area (Å²) in [5.74, 6) is -1.36. The van der Waals surface area contributed by atoms with Crippen molar-refractivity contribution >= 4 is 23.3 Å². The van der Waals surface area contributed by atoms with Crippen LogP contribution in [-0.2, 0) is 9.53 Å². The number of ether oxygens (including phenoxy) is 1. The van der Waals surface area contributed by atoms with Crippen LogP contribution in [0.2, 0.25) is 0 Å². The maximum absolute atomic E-state index is 11.9. The zero-order valence-electron chi connectivity index (χ0n) is 13.4. The SMILES string of the molecule is CCOC(=O)CC(Nc1ccc(C(=O)O)cc1N)c1ccccc1. The molecule has 1 atom stereocenters. The van der Waals surface area contributed by atoms with Gasteiger partial charge in [-0.1, -0.05) is 30.3 Å². The number of carbonyl (C=O) groups is 2. The summed E-state index contributed by atoms with van der Waals surface area (Å²) in [4.78, 5) is 22.9. The molecule has 2 rings (SSSR count). The molecule has 0 saturated heterocycles. The van der Waals surface area contributed by atoms with Crippen molar-refractivity contribution in [1.29, 1.82) is 0 Å². The molecule has 4 N–H and O–H groups in total. The van der Waals surface area contributed by atoms with E-state index in [2.05, 4.69) is 5.32 Å². The Morgan fingerprint density at radius 1 is 1.21 bits per heavy atom. The van der Waals surface area contributed by atoms with Gasteiger partial charge in [-0.25, -0.2) is 4.79 Å². The summed E-state index contributed by atoms with van der Waals surface area (Å²) in [5, 5.41) is 12.2. The summed E-state index contributed by atoms with van der Waals surface area (Å²) in [6, 6.07) is 13.6. The Morgan fingerprint density at radius 3 is 2.50 bits per heavy atom. The second kappa shape index (κ2) is 8.01. The number of aromatic carboxylic acids is 1. The fourth-order valence-electron chi connectivity index (χ4n) is 2.34. The second-order valence-corrected chi connectivity index (χ2v) is 5.22. The van der Waals surface area contributed by atoms with Crippen LogP contribution in [0.5, 0.6) is 0 Å². The molecule has 6 nitrogen and oxygen atoms in total. The molecule has 1 unspecified atom stereocenters. The van der Waals surface area contributed by atoms with Crippen LogP contribution in [-0.4, -0.2) is 23.7 Å². The van der Waals surface area contributed by atoms with Gasteiger partial charge in [0.05, 0.1) is 36.0 Å². The maximum Gasteiger partial charge on any atom is 0.335 e. The van der Waals surface area contributed by atoms with Gasteiger partial charge in [0.25, 0.3) is 0 Å². The standard InChI is InChI=1S/C18H20N2O4/c1-2-24-17(21)11-16(12-6-4-3-5-7-12)20-15-9-8-13(18(22)23)10-14(15)19/h3-10,16,20H,2,11,19H2,1H3,(H,22,23). The van der Waals surface area contributed by atoms with E-state index in [1.54, 1.807) is 13.0 Å². The van der Waals surface area contributed by atoms with E-state index >= 15 is 0 Å². The molecule has 126 valence electrons. The first-order valence-electron chi connectivity index (χ1n) is 7.61. The molecule has 0 fully saturated rings. The molecule has 2 aromatic rings. The Morgan fingerprint density at radius 2 is 1.92 bits per heavy atom. The lowest BCUT2D eigenvalue weighted by Crippen LogP contribution is -2.18. The van der Waals surface area contributed by atoms with Crippen LogP contribution in [0.15, 0.2) is 48.5 Å². The Hall–Kier alpha value is -3.02. The number of hydrogen-bond acceptors (Lipinski definition) is 5. The third kappa shape index (κ3) is 4.49. The van der Waals surface area contributed by atoms with Crippen molar-refractivity contribution in [2.45, 2.75) is 19.4 Å². The van der Waals surface area contributed by atoms with E-state index in [9.17, 15) is 9.59 Å². The average molecular weight is 328 g/mol. The van der Waals surface area contributed by atoms with E-state index in [4.69, 9.17) is 15.6 Å². The first-order chi connectivity index (χ1) is 11.5. The monoisotopic (exact) mass is 328 g/mol. The topological polar surface area (TPSA) is 102 Å². The van der Waals surface area contributed by atoms with Crippen molar-refractivity contribution in [3.63, 3.8) is 0 Å². The van der Waals surface area contributed by atoms with Gasteiger partial charge in [0.1, 0.15) is 0 Å². The van der Waals surface area contributed by atoms with E-state index in [1.165, 1.54) is 12.1 Å². The van der Waals surface area contributed by atoms with Gasteiger partial charge in [0.15, 0.2) is 0 Å². The highest BCUT2D eigenvalue weighted by Gasteiger charge is 2.18. The van der Waals surface area contributed by atoms with Crippen molar-refractivity contribution in [3.8, 4) is 0 Å². The normalized spacial score (nSPS) is 11.5. The van der Waals surface area contributed by atoms with Crippen LogP contribution in [0, 0.1) is 0 Å². The highest BCUT2D eigenvalue weighted by atomic mass is 16.5. The smallest absolute Gasteiger partial charge is 0.335 e. The Kier molecular flexibility index (Phi) is 5.78. The third-order valence-corrected chi connectivity index (χ3v) is 3.51. The molecule has 0 bridgehead atoms. The summed E-state index contributed by atoms with van der Waals surface area (Å²) in [6.07, 6.45) is 0.137. The summed E-state index contributed by atoms with van der Waals surface area (Å²) in [7, 11) is 0. The number of hydrogen-bond donors (Lipinski definition) is 3. The summed E-state index contributed by atoms with van der Waals surface area (Å²) >= 11 is 0. The minimum absolute atomic E-state index is 0.111. The molecule has 0 spiro atoms. The van der Waals surface area contributed by atoms with Crippen LogP contribution in [0.1, 0.15) is 35.3 Å². The number of anilines is 2. The van der Waals surface area contributed by atoms with Gasteiger partial charge in [0.2, 0.25) is 0 Å². The third-order valence-electron chi connectivity index (χ3n) is 3.51. The Labute approximate surface area is 140 Å². The molecule has 24 heavy (non-hydrogen) atoms. The molecule has 0 radical (unpaired) electrons. The second-order valence-electron chi connectivity index (χ2n) is 5.22. The number of nitrogens with two attached hydrogens (primary N) is 1. The minimum atomic E-state index is -1.04. The summed E-state index contributed by atoms with van der Waals surface area (Å²) in [5.41, 5.74) is 7.83. The average Bonchev–Trinajstić information content (AvgIpc) is 2.56. The number of nitrogen functional groups attached to an aromatic ring is 1. The van der Waals surface area contributed by atoms with Crippen molar-refractivity contribution in [1.82, 2.24) is 0 Å². The highest BCUT2D eigenvalue weighted by Crippen LogP contribution is 2.27. The zero-order chi connectivity index (χ0) is 17.5. The number of rotatable bonds is 7. The molecule has 0 saturated carbocycles. The van der Waals surface area contributed by atoms with Crippen LogP contribution in [0.25, 0.3) is 0 Å². The quantitative estimate of drug-likeness (QED) is 0.533. The Bertz CT molecular complexity index is 716. The number of nitrogens with one attached hydrogen (secondary N) is 1. The van der Waals surface area contributed by atoms with Gasteiger partial charge < -0.3 is 20.9 Å². The van der Waals surface area contributed by atoms with Gasteiger partial charge in [-0.3, -0.25) is 4.79 Å². The molecule has 0 aliphatic rings. The van der Waals surface area contributed by atoms with Gasteiger partial charge in [-0.15, -0.1) is 0 Å². The molecule has 2 aromatic carbocycles. The fraction of sp³-hybridized carbons (Fsp3) is 0.222. The van der Waals surface area contributed by atoms with Gasteiger partial charge in [0, 0.05) is 0 Å². The molecule has 6 heteroatoms. The van der Waals surface area contributed by atoms with Crippen molar-refractivity contribution in [3.05, 3.63) is 59.7 Å². The van der Waals surface area contributed by atoms with Gasteiger partial charge in [-0.2, -0.15) is 0 Å². The minimum Gasteiger partial charge on any atom is -0.478 e.